The number of halogens is 3. The molecule has 35 N–H and O–H groups in total. The molecule has 0 aliphatic carbocycles. The summed E-state index contributed by atoms with van der Waals surface area (Å²) in [6.45, 7) is 6.62. The van der Waals surface area contributed by atoms with E-state index in [2.05, 4.69) is 95.4 Å². The molecule has 148 heavy (non-hydrogen) atoms. The third-order valence-electron chi connectivity index (χ3n) is 22.3. The van der Waals surface area contributed by atoms with E-state index in [9.17, 15) is 129 Å². The summed E-state index contributed by atoms with van der Waals surface area (Å²) in [4.78, 5) is 312. The Kier molecular flexibility index (Phi) is 52.0. The highest BCUT2D eigenvalue weighted by Crippen LogP contribution is 2.23. The number of carbonyl (C=O) groups is 23. The van der Waals surface area contributed by atoms with Crippen molar-refractivity contribution in [1.29, 1.82) is 5.41 Å². The molecule has 1 saturated heterocycles. The van der Waals surface area contributed by atoms with E-state index in [4.69, 9.17) is 49.7 Å². The van der Waals surface area contributed by atoms with Crippen LogP contribution in [0.15, 0.2) is 91.1 Å². The Hall–Kier alpha value is -16.1. The van der Waals surface area contributed by atoms with Crippen LogP contribution in [0, 0.1) is 17.2 Å². The van der Waals surface area contributed by atoms with E-state index >= 15 is 4.79 Å². The number of likely N-dealkylation sites (tertiary alicyclic amines) is 1. The molecule has 3 aromatic carbocycles. The number of hydrogen-bond acceptors (Lipinski definition) is 27. The Bertz CT molecular complexity index is 5330. The molecule has 0 saturated carbocycles. The number of fused-ring (bicyclic) bond motifs is 1. The van der Waals surface area contributed by atoms with Gasteiger partial charge in [0.05, 0.1) is 38.8 Å². The minimum absolute atomic E-state index is 0.0139. The fourth-order valence-corrected chi connectivity index (χ4v) is 14.7. The number of para-hydroxylation sites is 1. The predicted octanol–water partition coefficient (Wildman–Crippen LogP) is -8.68. The molecule has 0 bridgehead atoms. The smallest absolute Gasteiger partial charge is 0.481 e. The summed E-state index contributed by atoms with van der Waals surface area (Å²) >= 11 is 0. The second-order valence-electron chi connectivity index (χ2n) is 35.6. The third kappa shape index (κ3) is 44.7. The number of benzene rings is 3. The molecule has 1 aromatic heterocycles. The van der Waals surface area contributed by atoms with Gasteiger partial charge in [-0.05, 0) is 113 Å². The summed E-state index contributed by atoms with van der Waals surface area (Å²) in [6.07, 6.45) is -8.46. The van der Waals surface area contributed by atoms with E-state index in [0.29, 0.717) is 27.6 Å². The Balaban J connectivity index is 0.00000627. The van der Waals surface area contributed by atoms with Gasteiger partial charge in [-0.1, -0.05) is 107 Å². The molecule has 1 fully saturated rings. The van der Waals surface area contributed by atoms with Gasteiger partial charge in [0.15, 0.2) is 5.96 Å². The van der Waals surface area contributed by atoms with Crippen LogP contribution in [0.1, 0.15) is 149 Å². The zero-order chi connectivity index (χ0) is 111. The van der Waals surface area contributed by atoms with Gasteiger partial charge in [0, 0.05) is 68.7 Å². The summed E-state index contributed by atoms with van der Waals surface area (Å²) in [7, 11) is 0. The predicted molar refractivity (Wildman–Crippen MR) is 518 cm³/mol. The summed E-state index contributed by atoms with van der Waals surface area (Å²) < 4.78 is 31.7. The monoisotopic (exact) mass is 2090 g/mol. The topological polar surface area (TPSA) is 877 Å². The van der Waals surface area contributed by atoms with Crippen LogP contribution in [0.2, 0.25) is 0 Å². The van der Waals surface area contributed by atoms with Crippen molar-refractivity contribution in [1.82, 2.24) is 100 Å². The first-order chi connectivity index (χ1) is 69.5. The van der Waals surface area contributed by atoms with Crippen molar-refractivity contribution in [3.8, 4) is 0 Å². The van der Waals surface area contributed by atoms with Crippen molar-refractivity contribution in [2.75, 3.05) is 39.4 Å². The standard InChI is InChI=1S/C90H132N26O25.C2HF3O2/c1-45(2)34-60(105-72(123)42-101-77(129)56(28-31-73(124)125)104-71(122)41-100-75(127)47(5)91)82(134)113-64(39-70(94)121)85(137)115-65(43-117)86(138)107-57(26-29-68(92)119)80(132)111-62(37-51-20-12-9-13-21-51)83(135)112-63(38-52-40-99-54-23-15-14-22-53(52)54)84(136)114-66(44-118)87(139)110-61(35-46(3)4)81(133)102-48(6)76(128)103-49(7)89(141)116-33-17-25-67(116)88(140)108-58(27-30-69(93)120)79(131)106-55(24-16-32-98-90(96)97)78(130)109-59(74(95)126)36-50-18-10-8-11-19-50;3-2(4,5)1(6)7/h8-15,18-23,40,45-49,55-67,99,117-118H,16-17,24-39,41-44,91H2,1-7H3,(H2,92,119)(H2,93,120)(H2,94,121)(H2,95,126)(H,100,127)(H,101,129)(H,102,133)(H,103,128)(H,104,122)(H,105,123)(H,106,131)(H,107,138)(H,108,140)(H,109,130)(H,110,139)(H,111,132)(H,112,135)(H,113,134)(H,114,136)(H,115,137)(H,124,125)(H4,96,97,98);(H,6,7)/t47-,48-,49+,55-,56-,57-,58-,59-,60-,61-,62-,63-,64-,65-,66-,67-;/m0./s1. The lowest BCUT2D eigenvalue weighted by Crippen LogP contribution is -2.62. The summed E-state index contributed by atoms with van der Waals surface area (Å²) in [5.74, 6) is -26.8. The molecule has 0 unspecified atom stereocenters. The first-order valence-electron chi connectivity index (χ1n) is 47.0. The second-order valence-corrected chi connectivity index (χ2v) is 35.6. The zero-order valence-electron chi connectivity index (χ0n) is 82.3. The lowest BCUT2D eigenvalue weighted by molar-refractivity contribution is -0.192. The van der Waals surface area contributed by atoms with Gasteiger partial charge >= 0.3 is 18.1 Å². The van der Waals surface area contributed by atoms with E-state index in [1.54, 1.807) is 113 Å². The maximum Gasteiger partial charge on any atom is 0.490 e. The number of aliphatic carboxylic acids is 2. The SMILES string of the molecule is CC(C)C[C@H](NC(=O)CNC(=O)[C@H](CCC(=O)O)NC(=O)CNC(=O)[C@H](C)N)C(=O)N[C@@H](CC(N)=O)C(=O)N[C@@H](CO)C(=O)N[C@@H](CCC(N)=O)C(=O)N[C@@H](Cc1ccccc1)C(=O)N[C@@H](Cc1c[nH]c2ccccc12)C(=O)N[C@@H](CO)C(=O)N[C@@H](CC(C)C)C(=O)N[C@@H](C)C(=O)N[C@H](C)C(=O)N1CCC[C@H]1C(=O)N[C@@H](CCC(N)=O)C(=O)N[C@@H](CCCNC(=N)N)C(=O)N[C@@H](Cc1ccccc1)C(N)=O.O=C(O)C(F)(F)F. The number of nitrogens with one attached hydrogen (secondary N) is 19. The highest BCUT2D eigenvalue weighted by molar-refractivity contribution is 6.03. The molecule has 0 radical (unpaired) electrons. The molecule has 56 heteroatoms. The second kappa shape index (κ2) is 61.9. The van der Waals surface area contributed by atoms with E-state index in [0.717, 1.165) is 4.90 Å². The minimum Gasteiger partial charge on any atom is -0.481 e. The van der Waals surface area contributed by atoms with Gasteiger partial charge in [-0.3, -0.25) is 111 Å². The molecule has 53 nitrogen and oxygen atoms in total. The van der Waals surface area contributed by atoms with Gasteiger partial charge in [-0.25, -0.2) is 4.79 Å². The fraction of sp³-hybridized carbons (Fsp3) is 0.522. The number of carbonyl (C=O) groups excluding carboxylic acids is 21. The van der Waals surface area contributed by atoms with Crippen LogP contribution in [0.3, 0.4) is 0 Å². The third-order valence-corrected chi connectivity index (χ3v) is 22.3. The first kappa shape index (κ1) is 124. The van der Waals surface area contributed by atoms with Crippen molar-refractivity contribution >= 4 is 153 Å². The maximum atomic E-state index is 15.1. The number of rotatable bonds is 61. The van der Waals surface area contributed by atoms with Crippen LogP contribution in [0.5, 0.6) is 0 Å². The molecule has 16 atom stereocenters. The largest absolute Gasteiger partial charge is 0.490 e. The summed E-state index contributed by atoms with van der Waals surface area (Å²) in [5, 5.41) is 87.2. The van der Waals surface area contributed by atoms with E-state index in [-0.39, 0.29) is 89.2 Å². The molecule has 814 valence electrons. The molecule has 21 amide bonds. The van der Waals surface area contributed by atoms with Crippen molar-refractivity contribution < 1.29 is 144 Å². The van der Waals surface area contributed by atoms with Gasteiger partial charge in [0.25, 0.3) is 0 Å². The lowest BCUT2D eigenvalue weighted by Gasteiger charge is -2.30. The van der Waals surface area contributed by atoms with Crippen molar-refractivity contribution in [2.24, 2.45) is 46.2 Å². The van der Waals surface area contributed by atoms with E-state index in [1.165, 1.54) is 27.0 Å². The van der Waals surface area contributed by atoms with Crippen LogP contribution in [0.25, 0.3) is 10.9 Å². The van der Waals surface area contributed by atoms with Crippen LogP contribution >= 0.6 is 0 Å². The van der Waals surface area contributed by atoms with Gasteiger partial charge in [-0.2, -0.15) is 13.2 Å². The molecular formula is C92H133F3N26O27. The zero-order valence-corrected chi connectivity index (χ0v) is 82.3. The number of nitrogens with two attached hydrogens (primary N) is 6. The normalized spacial score (nSPS) is 15.2. The Morgan fingerprint density at radius 3 is 1.28 bits per heavy atom. The first-order valence-corrected chi connectivity index (χ1v) is 47.0. The number of hydrogen-bond donors (Lipinski definition) is 29. The lowest BCUT2D eigenvalue weighted by atomic mass is 10.0. The number of aromatic nitrogens is 1. The van der Waals surface area contributed by atoms with Crippen LogP contribution in [-0.2, 0) is 130 Å². The molecule has 2 heterocycles. The number of amides is 21. The number of aliphatic hydroxyl groups is 2. The number of aromatic amines is 1. The number of carboxylic acids is 2. The Labute approximate surface area is 846 Å². The van der Waals surface area contributed by atoms with Gasteiger partial charge < -0.3 is 155 Å². The number of alkyl halides is 3. The number of H-pyrrole nitrogens is 1. The van der Waals surface area contributed by atoms with E-state index < -0.39 is 310 Å². The summed E-state index contributed by atoms with van der Waals surface area (Å²) in [6, 6.07) is -1.91. The highest BCUT2D eigenvalue weighted by Gasteiger charge is 2.43. The van der Waals surface area contributed by atoms with Crippen LogP contribution in [-0.4, -0.2) is 314 Å². The average molecular weight is 2090 g/mol. The average Bonchev–Trinajstić information content (AvgIpc) is 1.67. The van der Waals surface area contributed by atoms with Crippen LogP contribution < -0.4 is 125 Å². The number of carboxylic acid groups (broad SMARTS) is 2. The Morgan fingerprint density at radius 1 is 0.426 bits per heavy atom. The van der Waals surface area contributed by atoms with Crippen molar-refractivity contribution in [2.45, 2.75) is 254 Å². The molecule has 1 aliphatic rings. The maximum absolute atomic E-state index is 15.1. The molecule has 5 rings (SSSR count). The Morgan fingerprint density at radius 2 is 0.811 bits per heavy atom. The van der Waals surface area contributed by atoms with Crippen molar-refractivity contribution in [3.05, 3.63) is 108 Å². The van der Waals surface area contributed by atoms with Gasteiger partial charge in [0.2, 0.25) is 124 Å². The quantitative estimate of drug-likeness (QED) is 0.0111. The van der Waals surface area contributed by atoms with Crippen molar-refractivity contribution in [3.63, 3.8) is 0 Å². The number of nitrogens with zero attached hydrogens (tertiary/aromatic N) is 1. The van der Waals surface area contributed by atoms with Gasteiger partial charge in [0.1, 0.15) is 90.6 Å². The van der Waals surface area contributed by atoms with Crippen LogP contribution in [0.4, 0.5) is 13.2 Å². The molecule has 1 aliphatic heterocycles. The highest BCUT2D eigenvalue weighted by atomic mass is 19.4. The molecule has 4 aromatic rings. The minimum atomic E-state index is -5.08. The number of aliphatic hydroxyl groups excluding tert-OH is 2. The fourth-order valence-electron chi connectivity index (χ4n) is 14.7. The number of guanidine groups is 1. The van der Waals surface area contributed by atoms with Gasteiger partial charge in [-0.15, -0.1) is 0 Å². The van der Waals surface area contributed by atoms with E-state index in [1.807, 2.05) is 0 Å². The molecular weight excluding hydrogens is 1960 g/mol. The number of primary amides is 4. The molecule has 0 spiro atoms. The summed E-state index contributed by atoms with van der Waals surface area (Å²) in [5.41, 5.74) is 35.1.